The Hall–Kier alpha value is -3.49. The zero-order valence-electron chi connectivity index (χ0n) is 12.6. The standard InChI is InChI=1S/C20H11N3O/c1-4-13-5-2-11-22-19(13)16(6-1)17-9-8-15-14-7-3-10-21-12-18(14)24-20(15)23-17/h1-9,11-12H. The summed E-state index contributed by atoms with van der Waals surface area (Å²) in [6.07, 6.45) is 7.18. The lowest BCUT2D eigenvalue weighted by atomic mass is 10.1. The molecule has 0 spiro atoms. The highest BCUT2D eigenvalue weighted by Crippen LogP contribution is 2.26. The summed E-state index contributed by atoms with van der Waals surface area (Å²) in [6.45, 7) is 0. The molecule has 0 aliphatic carbocycles. The second-order valence-electron chi connectivity index (χ2n) is 5.53. The fourth-order valence-corrected chi connectivity index (χ4v) is 3.00. The smallest absolute Gasteiger partial charge is 0.227 e. The predicted octanol–water partition coefficient (Wildman–Crippen LogP) is 2.80. The summed E-state index contributed by atoms with van der Waals surface area (Å²) in [5, 5.41) is 3.04. The second-order valence-corrected chi connectivity index (χ2v) is 5.53. The van der Waals surface area contributed by atoms with Crippen molar-refractivity contribution in [2.24, 2.45) is 4.99 Å². The fourth-order valence-electron chi connectivity index (χ4n) is 3.00. The summed E-state index contributed by atoms with van der Waals surface area (Å²) >= 11 is 0. The molecule has 0 amide bonds. The van der Waals surface area contributed by atoms with Gasteiger partial charge in [0.25, 0.3) is 0 Å². The van der Waals surface area contributed by atoms with Crippen molar-refractivity contribution in [2.75, 3.05) is 0 Å². The van der Waals surface area contributed by atoms with Crippen LogP contribution in [0.1, 0.15) is 0 Å². The molecule has 24 heavy (non-hydrogen) atoms. The SMILES string of the molecule is C1=CC=c2c(oc3nc(-c4cccc5cccnc45)ccc23)=CN=1. The maximum atomic E-state index is 5.87. The molecule has 0 atom stereocenters. The molecule has 112 valence electrons. The van der Waals surface area contributed by atoms with Crippen molar-refractivity contribution >= 4 is 40.1 Å². The number of aliphatic imine (C=N–C) groups is 1. The van der Waals surface area contributed by atoms with E-state index < -0.39 is 0 Å². The first-order valence-corrected chi connectivity index (χ1v) is 7.63. The number of rotatable bonds is 1. The van der Waals surface area contributed by atoms with Gasteiger partial charge < -0.3 is 4.42 Å². The molecule has 1 aromatic carbocycles. The van der Waals surface area contributed by atoms with Crippen LogP contribution in [0.2, 0.25) is 0 Å². The zero-order valence-corrected chi connectivity index (χ0v) is 12.6. The summed E-state index contributed by atoms with van der Waals surface area (Å²) in [7, 11) is 0. The van der Waals surface area contributed by atoms with E-state index in [1.54, 1.807) is 18.5 Å². The average molecular weight is 309 g/mol. The normalized spacial score (nSPS) is 12.7. The van der Waals surface area contributed by atoms with Gasteiger partial charge in [-0.3, -0.25) is 4.98 Å². The number of aromatic nitrogens is 2. The van der Waals surface area contributed by atoms with Crippen LogP contribution in [-0.4, -0.2) is 15.8 Å². The maximum Gasteiger partial charge on any atom is 0.227 e. The fraction of sp³-hybridized carbons (Fsp3) is 0. The van der Waals surface area contributed by atoms with Crippen LogP contribution >= 0.6 is 0 Å². The van der Waals surface area contributed by atoms with E-state index in [9.17, 15) is 0 Å². The van der Waals surface area contributed by atoms with E-state index in [4.69, 9.17) is 9.40 Å². The summed E-state index contributed by atoms with van der Waals surface area (Å²) in [5.41, 5.74) is 4.07. The third-order valence-electron chi connectivity index (χ3n) is 4.11. The molecule has 0 bridgehead atoms. The minimum absolute atomic E-state index is 0.600. The largest absolute Gasteiger partial charge is 0.436 e. The van der Waals surface area contributed by atoms with E-state index >= 15 is 0 Å². The molecule has 0 fully saturated rings. The summed E-state index contributed by atoms with van der Waals surface area (Å²) in [6, 6.07) is 14.1. The van der Waals surface area contributed by atoms with Gasteiger partial charge in [0.15, 0.2) is 5.42 Å². The highest BCUT2D eigenvalue weighted by molar-refractivity contribution is 5.93. The molecule has 4 nitrogen and oxygen atoms in total. The van der Waals surface area contributed by atoms with Gasteiger partial charge in [0, 0.05) is 33.8 Å². The van der Waals surface area contributed by atoms with Gasteiger partial charge in [0.05, 0.1) is 17.4 Å². The topological polar surface area (TPSA) is 51.3 Å². The Morgan fingerprint density at radius 2 is 1.96 bits per heavy atom. The van der Waals surface area contributed by atoms with Crippen molar-refractivity contribution in [3.63, 3.8) is 0 Å². The minimum atomic E-state index is 0.600. The van der Waals surface area contributed by atoms with Gasteiger partial charge in [0.2, 0.25) is 5.71 Å². The Labute approximate surface area is 136 Å². The second kappa shape index (κ2) is 5.01. The van der Waals surface area contributed by atoms with E-state index in [1.807, 2.05) is 48.5 Å². The molecule has 0 radical (unpaired) electrons. The van der Waals surface area contributed by atoms with Crippen molar-refractivity contribution in [3.8, 4) is 11.3 Å². The lowest BCUT2D eigenvalue weighted by molar-refractivity contribution is 0.564. The monoisotopic (exact) mass is 309 g/mol. The quantitative estimate of drug-likeness (QED) is 0.543. The van der Waals surface area contributed by atoms with E-state index in [1.165, 1.54) is 0 Å². The molecule has 3 aromatic heterocycles. The van der Waals surface area contributed by atoms with E-state index in [0.717, 1.165) is 32.8 Å². The minimum Gasteiger partial charge on any atom is -0.436 e. The van der Waals surface area contributed by atoms with Crippen LogP contribution in [0.5, 0.6) is 0 Å². The molecule has 0 saturated heterocycles. The number of benzene rings is 1. The molecule has 0 N–H and O–H groups in total. The zero-order chi connectivity index (χ0) is 15.9. The molecule has 0 unspecified atom stereocenters. The van der Waals surface area contributed by atoms with E-state index in [0.29, 0.717) is 11.1 Å². The molecule has 1 aliphatic rings. The molecular weight excluding hydrogens is 298 g/mol. The van der Waals surface area contributed by atoms with Gasteiger partial charge in [-0.25, -0.2) is 9.98 Å². The van der Waals surface area contributed by atoms with Gasteiger partial charge in [-0.1, -0.05) is 24.3 Å². The van der Waals surface area contributed by atoms with Crippen molar-refractivity contribution in [3.05, 3.63) is 65.4 Å². The number of nitrogens with zero attached hydrogens (tertiary/aromatic N) is 3. The lowest BCUT2D eigenvalue weighted by Gasteiger charge is -2.04. The van der Waals surface area contributed by atoms with Crippen LogP contribution in [0.25, 0.3) is 45.5 Å². The van der Waals surface area contributed by atoms with Gasteiger partial charge in [-0.2, -0.15) is 0 Å². The number of hydrogen-bond acceptors (Lipinski definition) is 4. The number of fused-ring (bicyclic) bond motifs is 4. The van der Waals surface area contributed by atoms with Crippen molar-refractivity contribution in [2.45, 2.75) is 0 Å². The molecular formula is C20H11N3O. The average Bonchev–Trinajstić information content (AvgIpc) is 2.81. The van der Waals surface area contributed by atoms with Crippen LogP contribution < -0.4 is 10.6 Å². The van der Waals surface area contributed by atoms with Crippen molar-refractivity contribution in [1.29, 1.82) is 0 Å². The van der Waals surface area contributed by atoms with Gasteiger partial charge in [-0.15, -0.1) is 0 Å². The first-order valence-electron chi connectivity index (χ1n) is 7.63. The Balaban J connectivity index is 1.80. The first kappa shape index (κ1) is 13.0. The van der Waals surface area contributed by atoms with E-state index in [2.05, 4.69) is 15.8 Å². The third-order valence-corrected chi connectivity index (χ3v) is 4.11. The Morgan fingerprint density at radius 3 is 2.96 bits per heavy atom. The molecule has 4 aromatic rings. The Morgan fingerprint density at radius 1 is 1.00 bits per heavy atom. The van der Waals surface area contributed by atoms with Crippen LogP contribution in [0, 0.1) is 0 Å². The molecule has 0 saturated carbocycles. The lowest BCUT2D eigenvalue weighted by Crippen LogP contribution is -2.18. The summed E-state index contributed by atoms with van der Waals surface area (Å²) < 4.78 is 5.87. The van der Waals surface area contributed by atoms with Crippen LogP contribution in [0.4, 0.5) is 0 Å². The number of para-hydroxylation sites is 1. The molecule has 4 heteroatoms. The molecule has 4 heterocycles. The van der Waals surface area contributed by atoms with Gasteiger partial charge in [0.1, 0.15) is 0 Å². The molecule has 1 aliphatic heterocycles. The van der Waals surface area contributed by atoms with Gasteiger partial charge >= 0.3 is 0 Å². The summed E-state index contributed by atoms with van der Waals surface area (Å²) in [5.74, 6) is 2.80. The first-order chi connectivity index (χ1) is 11.9. The number of hydrogen-bond donors (Lipinski definition) is 0. The Kier molecular flexibility index (Phi) is 2.72. The predicted molar refractivity (Wildman–Crippen MR) is 94.9 cm³/mol. The Bertz CT molecular complexity index is 1290. The highest BCUT2D eigenvalue weighted by Gasteiger charge is 2.10. The maximum absolute atomic E-state index is 5.87. The number of pyridine rings is 2. The number of allylic oxidation sites excluding steroid dienone is 1. The van der Waals surface area contributed by atoms with Crippen molar-refractivity contribution < 1.29 is 4.42 Å². The molecule has 5 rings (SSSR count). The van der Waals surface area contributed by atoms with Crippen molar-refractivity contribution in [1.82, 2.24) is 9.97 Å². The van der Waals surface area contributed by atoms with Gasteiger partial charge in [-0.05, 0) is 30.1 Å². The third kappa shape index (κ3) is 1.91. The van der Waals surface area contributed by atoms with Crippen LogP contribution in [0.15, 0.2) is 64.1 Å². The van der Waals surface area contributed by atoms with E-state index in [-0.39, 0.29) is 0 Å². The van der Waals surface area contributed by atoms with Crippen LogP contribution in [-0.2, 0) is 0 Å². The van der Waals surface area contributed by atoms with Crippen LogP contribution in [0.3, 0.4) is 0 Å². The summed E-state index contributed by atoms with van der Waals surface area (Å²) in [4.78, 5) is 13.2. The highest BCUT2D eigenvalue weighted by atomic mass is 16.3. The number of furan rings is 1.